The van der Waals surface area contributed by atoms with E-state index in [-0.39, 0.29) is 24.8 Å². The van der Waals surface area contributed by atoms with Gasteiger partial charge in [-0.25, -0.2) is 5.43 Å². The van der Waals surface area contributed by atoms with Crippen molar-refractivity contribution in [2.75, 3.05) is 0 Å². The average molecular weight is 323 g/mol. The molecule has 0 fully saturated rings. The largest absolute Gasteiger partial charge is 0.505 e. The molecule has 2 aromatic heterocycles. The molecule has 0 unspecified atom stereocenters. The molecule has 8 heteroatoms. The summed E-state index contributed by atoms with van der Waals surface area (Å²) in [4.78, 5) is 19.5. The van der Waals surface area contributed by atoms with Crippen LogP contribution in [0.2, 0.25) is 0 Å². The van der Waals surface area contributed by atoms with Crippen LogP contribution in [0.15, 0.2) is 35.8 Å². The number of aryl methyl sites for hydroxylation is 1. The lowest BCUT2D eigenvalue weighted by atomic mass is 10.1. The zero-order chi connectivity index (χ0) is 15.2. The summed E-state index contributed by atoms with van der Waals surface area (Å²) in [5.41, 5.74) is 3.90. The van der Waals surface area contributed by atoms with Gasteiger partial charge in [0.1, 0.15) is 5.75 Å². The number of nitrogens with one attached hydrogen (secondary N) is 1. The van der Waals surface area contributed by atoms with Crippen LogP contribution in [0, 0.1) is 6.92 Å². The lowest BCUT2D eigenvalue weighted by Crippen LogP contribution is -2.17. The monoisotopic (exact) mass is 322 g/mol. The van der Waals surface area contributed by atoms with E-state index in [1.807, 2.05) is 0 Å². The lowest BCUT2D eigenvalue weighted by molar-refractivity contribution is 0.0955. The van der Waals surface area contributed by atoms with Crippen molar-refractivity contribution < 1.29 is 15.0 Å². The molecule has 0 spiro atoms. The molecule has 0 aliphatic rings. The summed E-state index contributed by atoms with van der Waals surface area (Å²) in [6, 6.07) is 3.11. The molecule has 0 atom stereocenters. The fraction of sp³-hybridized carbons (Fsp3) is 0.143. The maximum Gasteiger partial charge on any atom is 0.271 e. The number of carbonyl (C=O) groups excluding carboxylic acids is 1. The van der Waals surface area contributed by atoms with Gasteiger partial charge in [0.2, 0.25) is 0 Å². The van der Waals surface area contributed by atoms with Crippen molar-refractivity contribution >= 4 is 24.5 Å². The highest BCUT2D eigenvalue weighted by Crippen LogP contribution is 2.21. The number of halogens is 1. The van der Waals surface area contributed by atoms with Crippen LogP contribution in [0.5, 0.6) is 5.75 Å². The van der Waals surface area contributed by atoms with Crippen LogP contribution in [-0.4, -0.2) is 32.3 Å². The van der Waals surface area contributed by atoms with Gasteiger partial charge in [-0.05, 0) is 19.1 Å². The van der Waals surface area contributed by atoms with Gasteiger partial charge >= 0.3 is 0 Å². The first kappa shape index (κ1) is 17.5. The van der Waals surface area contributed by atoms with Crippen molar-refractivity contribution in [3.8, 4) is 5.75 Å². The number of aromatic hydroxyl groups is 1. The third kappa shape index (κ3) is 4.00. The second-order valence-electron chi connectivity index (χ2n) is 4.22. The van der Waals surface area contributed by atoms with Gasteiger partial charge in [0, 0.05) is 35.3 Å². The van der Waals surface area contributed by atoms with Crippen LogP contribution in [0.25, 0.3) is 0 Å². The number of carbonyl (C=O) groups is 1. The molecule has 3 N–H and O–H groups in total. The summed E-state index contributed by atoms with van der Waals surface area (Å²) in [5.74, 6) is -0.479. The van der Waals surface area contributed by atoms with E-state index in [0.717, 1.165) is 0 Å². The minimum Gasteiger partial charge on any atom is -0.505 e. The van der Waals surface area contributed by atoms with Crippen LogP contribution >= 0.6 is 12.4 Å². The molecule has 0 aliphatic heterocycles. The number of nitrogens with zero attached hydrogens (tertiary/aromatic N) is 3. The zero-order valence-electron chi connectivity index (χ0n) is 11.7. The summed E-state index contributed by atoms with van der Waals surface area (Å²) in [6.45, 7) is 1.34. The Bertz CT molecular complexity index is 677. The lowest BCUT2D eigenvalue weighted by Gasteiger charge is -2.07. The van der Waals surface area contributed by atoms with Crippen molar-refractivity contribution in [2.45, 2.75) is 13.5 Å². The maximum atomic E-state index is 11.8. The molecule has 1 amide bonds. The van der Waals surface area contributed by atoms with Crippen LogP contribution in [0.4, 0.5) is 0 Å². The Hall–Kier alpha value is -2.51. The fourth-order valence-corrected chi connectivity index (χ4v) is 1.65. The predicted molar refractivity (Wildman–Crippen MR) is 83.1 cm³/mol. The van der Waals surface area contributed by atoms with Crippen LogP contribution in [-0.2, 0) is 6.61 Å². The number of pyridine rings is 2. The zero-order valence-corrected chi connectivity index (χ0v) is 12.5. The molecule has 2 aromatic rings. The van der Waals surface area contributed by atoms with E-state index in [9.17, 15) is 15.0 Å². The van der Waals surface area contributed by atoms with E-state index in [2.05, 4.69) is 20.5 Å². The van der Waals surface area contributed by atoms with Gasteiger partial charge in [-0.1, -0.05) is 0 Å². The molecule has 2 rings (SSSR count). The number of hydrogen-bond acceptors (Lipinski definition) is 6. The van der Waals surface area contributed by atoms with Gasteiger partial charge in [-0.15, -0.1) is 12.4 Å². The Balaban J connectivity index is 0.00000242. The van der Waals surface area contributed by atoms with Gasteiger partial charge < -0.3 is 10.2 Å². The van der Waals surface area contributed by atoms with Gasteiger partial charge in [0.15, 0.2) is 0 Å². The molecular formula is C14H15ClN4O3. The SMILES string of the molecule is Cc1ncc(CO)c(C=NNC(=O)c2ccncc2)c1O.Cl. The van der Waals surface area contributed by atoms with Crippen molar-refractivity contribution in [1.29, 1.82) is 0 Å². The van der Waals surface area contributed by atoms with Crippen molar-refractivity contribution in [3.05, 3.63) is 53.1 Å². The summed E-state index contributed by atoms with van der Waals surface area (Å²) < 4.78 is 0. The number of rotatable bonds is 4. The van der Waals surface area contributed by atoms with E-state index in [0.29, 0.717) is 22.4 Å². The normalized spacial score (nSPS) is 10.3. The predicted octanol–water partition coefficient (Wildman–Crippen LogP) is 1.17. The Kier molecular flexibility index (Phi) is 6.43. The Morgan fingerprint density at radius 2 is 2.09 bits per heavy atom. The molecule has 0 saturated carbocycles. The quantitative estimate of drug-likeness (QED) is 0.578. The Morgan fingerprint density at radius 3 is 2.73 bits per heavy atom. The maximum absolute atomic E-state index is 11.8. The third-order valence-corrected chi connectivity index (χ3v) is 2.83. The summed E-state index contributed by atoms with van der Waals surface area (Å²) >= 11 is 0. The van der Waals surface area contributed by atoms with E-state index in [1.165, 1.54) is 24.8 Å². The van der Waals surface area contributed by atoms with E-state index < -0.39 is 5.91 Å². The number of amides is 1. The number of hydrazone groups is 1. The minimum atomic E-state index is -0.399. The average Bonchev–Trinajstić information content (AvgIpc) is 2.52. The Labute approximate surface area is 133 Å². The summed E-state index contributed by atoms with van der Waals surface area (Å²) in [5, 5.41) is 22.9. The second-order valence-corrected chi connectivity index (χ2v) is 4.22. The second kappa shape index (κ2) is 8.06. The van der Waals surface area contributed by atoms with Crippen molar-refractivity contribution in [3.63, 3.8) is 0 Å². The molecule has 0 radical (unpaired) electrons. The number of aromatic nitrogens is 2. The van der Waals surface area contributed by atoms with Crippen LogP contribution in [0.1, 0.15) is 27.2 Å². The van der Waals surface area contributed by atoms with E-state index in [4.69, 9.17) is 0 Å². The van der Waals surface area contributed by atoms with Crippen molar-refractivity contribution in [2.24, 2.45) is 5.10 Å². The molecule has 2 heterocycles. The standard InChI is InChI=1S/C14H14N4O3.ClH/c1-9-13(20)12(11(8-19)6-16-9)7-17-18-14(21)10-2-4-15-5-3-10;/h2-7,19-20H,8H2,1H3,(H,18,21);1H. The molecule has 116 valence electrons. The fourth-order valence-electron chi connectivity index (χ4n) is 1.65. The number of aliphatic hydroxyl groups is 1. The molecule has 22 heavy (non-hydrogen) atoms. The van der Waals surface area contributed by atoms with Crippen LogP contribution < -0.4 is 5.43 Å². The van der Waals surface area contributed by atoms with Gasteiger partial charge in [0.05, 0.1) is 18.5 Å². The van der Waals surface area contributed by atoms with Crippen molar-refractivity contribution in [1.82, 2.24) is 15.4 Å². The molecule has 0 aliphatic carbocycles. The highest BCUT2D eigenvalue weighted by molar-refractivity contribution is 5.95. The van der Waals surface area contributed by atoms with Gasteiger partial charge in [-0.3, -0.25) is 14.8 Å². The van der Waals surface area contributed by atoms with E-state index in [1.54, 1.807) is 19.1 Å². The summed E-state index contributed by atoms with van der Waals surface area (Å²) in [7, 11) is 0. The Morgan fingerprint density at radius 1 is 1.41 bits per heavy atom. The third-order valence-electron chi connectivity index (χ3n) is 2.83. The highest BCUT2D eigenvalue weighted by atomic mass is 35.5. The smallest absolute Gasteiger partial charge is 0.271 e. The number of aliphatic hydroxyl groups excluding tert-OH is 1. The first-order valence-corrected chi connectivity index (χ1v) is 6.15. The van der Waals surface area contributed by atoms with Crippen LogP contribution in [0.3, 0.4) is 0 Å². The van der Waals surface area contributed by atoms with Gasteiger partial charge in [0.25, 0.3) is 5.91 Å². The first-order valence-electron chi connectivity index (χ1n) is 6.15. The molecule has 0 saturated heterocycles. The molecule has 0 aromatic carbocycles. The molecule has 7 nitrogen and oxygen atoms in total. The van der Waals surface area contributed by atoms with E-state index >= 15 is 0 Å². The summed E-state index contributed by atoms with van der Waals surface area (Å²) in [6.07, 6.45) is 5.72. The highest BCUT2D eigenvalue weighted by Gasteiger charge is 2.09. The topological polar surface area (TPSA) is 108 Å². The van der Waals surface area contributed by atoms with Gasteiger partial charge in [-0.2, -0.15) is 5.10 Å². The first-order chi connectivity index (χ1) is 10.1. The molecular weight excluding hydrogens is 308 g/mol. The number of hydrogen-bond donors (Lipinski definition) is 3. The minimum absolute atomic E-state index is 0. The molecule has 0 bridgehead atoms.